The number of allylic oxidation sites excluding steroid dienone is 2. The van der Waals surface area contributed by atoms with Crippen LogP contribution >= 0.6 is 11.6 Å². The van der Waals surface area contributed by atoms with Crippen LogP contribution in [0.2, 0.25) is 5.02 Å². The van der Waals surface area contributed by atoms with Crippen molar-refractivity contribution in [2.45, 2.75) is 51.5 Å². The molecule has 0 radical (unpaired) electrons. The summed E-state index contributed by atoms with van der Waals surface area (Å²) >= 11 is 5.96. The Kier molecular flexibility index (Phi) is 7.33. The summed E-state index contributed by atoms with van der Waals surface area (Å²) in [4.78, 5) is 26.7. The van der Waals surface area contributed by atoms with Crippen molar-refractivity contribution in [3.05, 3.63) is 47.0 Å². The highest BCUT2D eigenvalue weighted by molar-refractivity contribution is 6.30. The summed E-state index contributed by atoms with van der Waals surface area (Å²) in [5.41, 5.74) is 1.01. The van der Waals surface area contributed by atoms with Gasteiger partial charge >= 0.3 is 0 Å². The summed E-state index contributed by atoms with van der Waals surface area (Å²) in [5, 5.41) is 3.65. The quantitative estimate of drug-likeness (QED) is 0.737. The number of nitrogens with one attached hydrogen (secondary N) is 1. The molecule has 4 nitrogen and oxygen atoms in total. The van der Waals surface area contributed by atoms with Gasteiger partial charge < -0.3 is 10.2 Å². The second kappa shape index (κ2) is 9.93. The van der Waals surface area contributed by atoms with Crippen molar-refractivity contribution >= 4 is 23.4 Å². The van der Waals surface area contributed by atoms with Crippen molar-refractivity contribution in [3.63, 3.8) is 0 Å². The van der Waals surface area contributed by atoms with E-state index in [-0.39, 0.29) is 11.8 Å². The molecule has 27 heavy (non-hydrogen) atoms. The van der Waals surface area contributed by atoms with E-state index in [1.54, 1.807) is 0 Å². The van der Waals surface area contributed by atoms with Crippen LogP contribution in [0.25, 0.3) is 0 Å². The molecular formula is C22H29ClN2O2. The molecule has 1 heterocycles. The third-order valence-electron chi connectivity index (χ3n) is 5.70. The van der Waals surface area contributed by atoms with E-state index in [1.807, 2.05) is 29.2 Å². The number of benzene rings is 1. The Balaban J connectivity index is 1.33. The number of rotatable bonds is 6. The van der Waals surface area contributed by atoms with Crippen molar-refractivity contribution in [2.75, 3.05) is 13.1 Å². The number of hydrogen-bond acceptors (Lipinski definition) is 2. The van der Waals surface area contributed by atoms with Gasteiger partial charge in [-0.05, 0) is 62.1 Å². The van der Waals surface area contributed by atoms with E-state index in [4.69, 9.17) is 11.6 Å². The zero-order chi connectivity index (χ0) is 19.1. The minimum Gasteiger partial charge on any atom is -0.352 e. The largest absolute Gasteiger partial charge is 0.352 e. The molecule has 1 aromatic carbocycles. The topological polar surface area (TPSA) is 49.4 Å². The molecular weight excluding hydrogens is 360 g/mol. The average molecular weight is 389 g/mol. The molecule has 2 amide bonds. The van der Waals surface area contributed by atoms with Gasteiger partial charge in [0.25, 0.3) is 0 Å². The van der Waals surface area contributed by atoms with Crippen LogP contribution in [-0.2, 0) is 16.1 Å². The van der Waals surface area contributed by atoms with Crippen LogP contribution in [0.5, 0.6) is 0 Å². The first kappa shape index (κ1) is 19.9. The highest BCUT2D eigenvalue weighted by atomic mass is 35.5. The molecule has 0 bridgehead atoms. The Morgan fingerprint density at radius 2 is 1.96 bits per heavy atom. The normalized spacial score (nSPS) is 20.5. The Morgan fingerprint density at radius 1 is 1.15 bits per heavy atom. The van der Waals surface area contributed by atoms with Crippen molar-refractivity contribution in [1.82, 2.24) is 10.2 Å². The third-order valence-corrected chi connectivity index (χ3v) is 5.94. The highest BCUT2D eigenvalue weighted by Crippen LogP contribution is 2.26. The molecule has 0 aromatic heterocycles. The summed E-state index contributed by atoms with van der Waals surface area (Å²) in [6.07, 6.45) is 10.7. The monoisotopic (exact) mass is 388 g/mol. The van der Waals surface area contributed by atoms with Gasteiger partial charge in [0, 0.05) is 37.0 Å². The van der Waals surface area contributed by atoms with Crippen LogP contribution in [0, 0.1) is 11.8 Å². The number of amides is 2. The zero-order valence-corrected chi connectivity index (χ0v) is 16.6. The number of hydrogen-bond donors (Lipinski definition) is 1. The number of piperidine rings is 1. The van der Waals surface area contributed by atoms with Crippen LogP contribution in [0.1, 0.15) is 50.5 Å². The maximum absolute atomic E-state index is 12.6. The lowest BCUT2D eigenvalue weighted by Crippen LogP contribution is -2.42. The van der Waals surface area contributed by atoms with E-state index in [2.05, 4.69) is 17.5 Å². The Labute approximate surface area is 167 Å². The van der Waals surface area contributed by atoms with Crippen molar-refractivity contribution < 1.29 is 9.59 Å². The van der Waals surface area contributed by atoms with Crippen LogP contribution < -0.4 is 5.32 Å². The van der Waals surface area contributed by atoms with E-state index >= 15 is 0 Å². The molecule has 1 aliphatic heterocycles. The highest BCUT2D eigenvalue weighted by Gasteiger charge is 2.28. The first-order valence-corrected chi connectivity index (χ1v) is 10.4. The first-order chi connectivity index (χ1) is 13.1. The molecule has 3 rings (SSSR count). The minimum absolute atomic E-state index is 0.0856. The standard InChI is InChI=1S/C22H29ClN2O2/c23-20-8-4-5-18(15-20)16-24-21(26)10-9-17-11-13-25(14-12-17)22(27)19-6-2-1-3-7-19/h1-2,4-5,8,15,17,19H,3,6-7,9-14,16H2,(H,24,26). The molecule has 1 saturated heterocycles. The molecule has 1 N–H and O–H groups in total. The van der Waals surface area contributed by atoms with E-state index in [0.717, 1.165) is 57.2 Å². The van der Waals surface area contributed by atoms with Crippen molar-refractivity contribution in [2.24, 2.45) is 11.8 Å². The number of carbonyl (C=O) groups is 2. The molecule has 5 heteroatoms. The number of halogens is 1. The summed E-state index contributed by atoms with van der Waals surface area (Å²) < 4.78 is 0. The number of carbonyl (C=O) groups excluding carboxylic acids is 2. The molecule has 0 spiro atoms. The maximum atomic E-state index is 12.6. The van der Waals surface area contributed by atoms with Gasteiger partial charge in [0.15, 0.2) is 0 Å². The molecule has 2 aliphatic rings. The van der Waals surface area contributed by atoms with E-state index in [0.29, 0.717) is 29.8 Å². The van der Waals surface area contributed by atoms with Gasteiger partial charge in [-0.15, -0.1) is 0 Å². The Bertz CT molecular complexity index is 681. The maximum Gasteiger partial charge on any atom is 0.226 e. The summed E-state index contributed by atoms with van der Waals surface area (Å²) in [5.74, 6) is 1.14. The van der Waals surface area contributed by atoms with Gasteiger partial charge in [0.05, 0.1) is 0 Å². The van der Waals surface area contributed by atoms with Gasteiger partial charge in [0.2, 0.25) is 11.8 Å². The van der Waals surface area contributed by atoms with Crippen molar-refractivity contribution in [1.29, 1.82) is 0 Å². The second-order valence-electron chi connectivity index (χ2n) is 7.70. The van der Waals surface area contributed by atoms with Gasteiger partial charge in [-0.1, -0.05) is 35.9 Å². The summed E-state index contributed by atoms with van der Waals surface area (Å²) in [6.45, 7) is 2.20. The molecule has 1 fully saturated rings. The summed E-state index contributed by atoms with van der Waals surface area (Å²) in [6, 6.07) is 7.55. The van der Waals surface area contributed by atoms with Gasteiger partial charge in [-0.2, -0.15) is 0 Å². The molecule has 0 saturated carbocycles. The lowest BCUT2D eigenvalue weighted by Gasteiger charge is -2.34. The van der Waals surface area contributed by atoms with Crippen LogP contribution in [-0.4, -0.2) is 29.8 Å². The van der Waals surface area contributed by atoms with Crippen LogP contribution in [0.15, 0.2) is 36.4 Å². The lowest BCUT2D eigenvalue weighted by atomic mass is 9.89. The molecule has 1 aliphatic carbocycles. The molecule has 1 atom stereocenters. The van der Waals surface area contributed by atoms with Crippen molar-refractivity contribution in [3.8, 4) is 0 Å². The fraction of sp³-hybridized carbons (Fsp3) is 0.545. The first-order valence-electron chi connectivity index (χ1n) is 10.1. The van der Waals surface area contributed by atoms with Crippen LogP contribution in [0.4, 0.5) is 0 Å². The Hall–Kier alpha value is -1.81. The SMILES string of the molecule is O=C(CCC1CCN(C(=O)C2CC=CCC2)CC1)NCc1cccc(Cl)c1. The van der Waals surface area contributed by atoms with E-state index in [1.165, 1.54) is 0 Å². The number of likely N-dealkylation sites (tertiary alicyclic amines) is 1. The fourth-order valence-electron chi connectivity index (χ4n) is 3.99. The van der Waals surface area contributed by atoms with Gasteiger partial charge in [-0.25, -0.2) is 0 Å². The second-order valence-corrected chi connectivity index (χ2v) is 8.13. The predicted octanol–water partition coefficient (Wildman–Crippen LogP) is 4.33. The fourth-order valence-corrected chi connectivity index (χ4v) is 4.20. The predicted molar refractivity (Wildman–Crippen MR) is 108 cm³/mol. The molecule has 1 unspecified atom stereocenters. The summed E-state index contributed by atoms with van der Waals surface area (Å²) in [7, 11) is 0. The van der Waals surface area contributed by atoms with E-state index in [9.17, 15) is 9.59 Å². The molecule has 146 valence electrons. The smallest absolute Gasteiger partial charge is 0.226 e. The van der Waals surface area contributed by atoms with Gasteiger partial charge in [0.1, 0.15) is 0 Å². The average Bonchev–Trinajstić information content (AvgIpc) is 2.71. The number of nitrogens with zero attached hydrogens (tertiary/aromatic N) is 1. The van der Waals surface area contributed by atoms with Crippen LogP contribution in [0.3, 0.4) is 0 Å². The van der Waals surface area contributed by atoms with E-state index < -0.39 is 0 Å². The third kappa shape index (κ3) is 6.10. The zero-order valence-electron chi connectivity index (χ0n) is 15.8. The molecule has 1 aromatic rings. The Morgan fingerprint density at radius 3 is 2.67 bits per heavy atom. The lowest BCUT2D eigenvalue weighted by molar-refractivity contribution is -0.137. The minimum atomic E-state index is 0.0856. The van der Waals surface area contributed by atoms with Gasteiger partial charge in [-0.3, -0.25) is 9.59 Å².